The summed E-state index contributed by atoms with van der Waals surface area (Å²) in [6.07, 6.45) is 0. The van der Waals surface area contributed by atoms with Crippen molar-refractivity contribution in [3.8, 4) is 11.5 Å². The predicted molar refractivity (Wildman–Crippen MR) is 86.1 cm³/mol. The first-order valence-electron chi connectivity index (χ1n) is 6.19. The molecule has 0 aromatic heterocycles. The SMILES string of the molecule is COc1ccc(C(Cl)c2ccc(C)cc2Br)cc1OC. The van der Waals surface area contributed by atoms with Crippen LogP contribution in [0.5, 0.6) is 11.5 Å². The number of hydrogen-bond donors (Lipinski definition) is 0. The van der Waals surface area contributed by atoms with Crippen molar-refractivity contribution in [3.05, 3.63) is 57.6 Å². The molecule has 0 N–H and O–H groups in total. The molecule has 0 fully saturated rings. The number of hydrogen-bond acceptors (Lipinski definition) is 2. The van der Waals surface area contributed by atoms with Gasteiger partial charge < -0.3 is 9.47 Å². The first-order valence-corrected chi connectivity index (χ1v) is 7.41. The third kappa shape index (κ3) is 3.10. The highest BCUT2D eigenvalue weighted by atomic mass is 79.9. The lowest BCUT2D eigenvalue weighted by molar-refractivity contribution is 0.354. The molecule has 106 valence electrons. The zero-order valence-corrected chi connectivity index (χ0v) is 14.0. The van der Waals surface area contributed by atoms with E-state index in [4.69, 9.17) is 21.1 Å². The summed E-state index contributed by atoms with van der Waals surface area (Å²) in [7, 11) is 3.24. The van der Waals surface area contributed by atoms with Crippen molar-refractivity contribution in [2.24, 2.45) is 0 Å². The molecule has 0 heterocycles. The van der Waals surface area contributed by atoms with E-state index in [9.17, 15) is 0 Å². The second-order valence-electron chi connectivity index (χ2n) is 4.50. The second-order valence-corrected chi connectivity index (χ2v) is 5.79. The predicted octanol–water partition coefficient (Wildman–Crippen LogP) is 5.10. The minimum absolute atomic E-state index is 0.246. The van der Waals surface area contributed by atoms with Crippen molar-refractivity contribution >= 4 is 27.5 Å². The molecule has 0 amide bonds. The number of alkyl halides is 1. The molecular formula is C16H16BrClO2. The summed E-state index contributed by atoms with van der Waals surface area (Å²) in [5.74, 6) is 1.38. The maximum atomic E-state index is 6.59. The normalized spacial score (nSPS) is 12.1. The van der Waals surface area contributed by atoms with Crippen molar-refractivity contribution in [2.45, 2.75) is 12.3 Å². The zero-order chi connectivity index (χ0) is 14.7. The van der Waals surface area contributed by atoms with Crippen LogP contribution in [0.1, 0.15) is 22.1 Å². The Kier molecular flexibility index (Phi) is 4.95. The van der Waals surface area contributed by atoms with Crippen LogP contribution in [-0.2, 0) is 0 Å². The van der Waals surface area contributed by atoms with Crippen molar-refractivity contribution in [2.75, 3.05) is 14.2 Å². The average molecular weight is 356 g/mol. The molecule has 0 saturated carbocycles. The third-order valence-electron chi connectivity index (χ3n) is 3.13. The standard InChI is InChI=1S/C16H16BrClO2/c1-10-4-6-12(13(17)8-10)16(18)11-5-7-14(19-2)15(9-11)20-3/h4-9,16H,1-3H3. The first-order chi connectivity index (χ1) is 9.56. The molecule has 0 saturated heterocycles. The lowest BCUT2D eigenvalue weighted by Crippen LogP contribution is -1.97. The molecule has 1 atom stereocenters. The van der Waals surface area contributed by atoms with Gasteiger partial charge in [-0.05, 0) is 41.8 Å². The molecule has 2 aromatic rings. The largest absolute Gasteiger partial charge is 0.493 e. The van der Waals surface area contributed by atoms with E-state index in [0.29, 0.717) is 11.5 Å². The number of methoxy groups -OCH3 is 2. The zero-order valence-electron chi connectivity index (χ0n) is 11.6. The second kappa shape index (κ2) is 6.51. The fraction of sp³-hybridized carbons (Fsp3) is 0.250. The van der Waals surface area contributed by atoms with Gasteiger partial charge in [0.1, 0.15) is 0 Å². The van der Waals surface area contributed by atoms with Gasteiger partial charge in [0.05, 0.1) is 19.6 Å². The van der Waals surface area contributed by atoms with Crippen LogP contribution in [0.4, 0.5) is 0 Å². The molecule has 0 aliphatic carbocycles. The van der Waals surface area contributed by atoms with Crippen LogP contribution in [0.15, 0.2) is 40.9 Å². The first kappa shape index (κ1) is 15.2. The molecule has 2 aromatic carbocycles. The van der Waals surface area contributed by atoms with Crippen molar-refractivity contribution in [1.29, 1.82) is 0 Å². The monoisotopic (exact) mass is 354 g/mol. The maximum Gasteiger partial charge on any atom is 0.161 e. The van der Waals surface area contributed by atoms with Gasteiger partial charge in [-0.15, -0.1) is 11.6 Å². The minimum Gasteiger partial charge on any atom is -0.493 e. The van der Waals surface area contributed by atoms with E-state index in [1.54, 1.807) is 14.2 Å². The van der Waals surface area contributed by atoms with Crippen LogP contribution in [0.2, 0.25) is 0 Å². The van der Waals surface area contributed by atoms with E-state index in [0.717, 1.165) is 15.6 Å². The van der Waals surface area contributed by atoms with Gasteiger partial charge in [-0.1, -0.05) is 34.1 Å². The summed E-state index contributed by atoms with van der Waals surface area (Å²) in [5.41, 5.74) is 3.19. The molecule has 0 bridgehead atoms. The van der Waals surface area contributed by atoms with E-state index >= 15 is 0 Å². The minimum atomic E-state index is -0.246. The molecule has 20 heavy (non-hydrogen) atoms. The van der Waals surface area contributed by atoms with Crippen LogP contribution in [-0.4, -0.2) is 14.2 Å². The van der Waals surface area contributed by atoms with Gasteiger partial charge in [0.25, 0.3) is 0 Å². The highest BCUT2D eigenvalue weighted by Gasteiger charge is 2.16. The van der Waals surface area contributed by atoms with Crippen LogP contribution in [0, 0.1) is 6.92 Å². The molecule has 0 aliphatic rings. The van der Waals surface area contributed by atoms with E-state index in [1.807, 2.05) is 31.2 Å². The molecule has 1 unspecified atom stereocenters. The van der Waals surface area contributed by atoms with E-state index in [1.165, 1.54) is 5.56 Å². The van der Waals surface area contributed by atoms with Gasteiger partial charge in [-0.2, -0.15) is 0 Å². The summed E-state index contributed by atoms with van der Waals surface area (Å²) >= 11 is 10.2. The van der Waals surface area contributed by atoms with Gasteiger partial charge in [-0.25, -0.2) is 0 Å². The van der Waals surface area contributed by atoms with Crippen LogP contribution in [0.3, 0.4) is 0 Å². The molecule has 2 rings (SSSR count). The quantitative estimate of drug-likeness (QED) is 0.710. The fourth-order valence-corrected chi connectivity index (χ4v) is 3.21. The van der Waals surface area contributed by atoms with Crippen LogP contribution in [0.25, 0.3) is 0 Å². The Morgan fingerprint density at radius 2 is 1.70 bits per heavy atom. The maximum absolute atomic E-state index is 6.59. The highest BCUT2D eigenvalue weighted by molar-refractivity contribution is 9.10. The number of halogens is 2. The van der Waals surface area contributed by atoms with E-state index in [2.05, 4.69) is 28.1 Å². The summed E-state index contributed by atoms with van der Waals surface area (Å²) in [6, 6.07) is 11.9. The lowest BCUT2D eigenvalue weighted by Gasteiger charge is -2.15. The van der Waals surface area contributed by atoms with Gasteiger partial charge in [0, 0.05) is 4.47 Å². The fourth-order valence-electron chi connectivity index (χ4n) is 2.03. The number of benzene rings is 2. The van der Waals surface area contributed by atoms with Crippen LogP contribution < -0.4 is 9.47 Å². The van der Waals surface area contributed by atoms with Gasteiger partial charge in [-0.3, -0.25) is 0 Å². The molecule has 0 spiro atoms. The lowest BCUT2D eigenvalue weighted by atomic mass is 10.0. The summed E-state index contributed by atoms with van der Waals surface area (Å²) in [6.45, 7) is 2.05. The van der Waals surface area contributed by atoms with E-state index < -0.39 is 0 Å². The Hall–Kier alpha value is -1.19. The molecule has 4 heteroatoms. The number of ether oxygens (including phenoxy) is 2. The van der Waals surface area contributed by atoms with Crippen LogP contribution >= 0.6 is 27.5 Å². The molecule has 0 radical (unpaired) electrons. The van der Waals surface area contributed by atoms with Gasteiger partial charge in [0.2, 0.25) is 0 Å². The Labute approximate surface area is 132 Å². The summed E-state index contributed by atoms with van der Waals surface area (Å²) < 4.78 is 11.6. The van der Waals surface area contributed by atoms with Gasteiger partial charge >= 0.3 is 0 Å². The smallest absolute Gasteiger partial charge is 0.161 e. The Morgan fingerprint density at radius 3 is 2.30 bits per heavy atom. The average Bonchev–Trinajstić information content (AvgIpc) is 2.45. The third-order valence-corrected chi connectivity index (χ3v) is 4.30. The van der Waals surface area contributed by atoms with Crippen molar-refractivity contribution in [3.63, 3.8) is 0 Å². The Morgan fingerprint density at radius 1 is 1.00 bits per heavy atom. The number of rotatable bonds is 4. The van der Waals surface area contributed by atoms with Crippen molar-refractivity contribution in [1.82, 2.24) is 0 Å². The molecule has 0 aliphatic heterocycles. The topological polar surface area (TPSA) is 18.5 Å². The Balaban J connectivity index is 2.40. The van der Waals surface area contributed by atoms with Crippen molar-refractivity contribution < 1.29 is 9.47 Å². The Bertz CT molecular complexity index is 613. The van der Waals surface area contributed by atoms with Gasteiger partial charge in [0.15, 0.2) is 11.5 Å². The molecular weight excluding hydrogens is 340 g/mol. The summed E-state index contributed by atoms with van der Waals surface area (Å²) in [5, 5.41) is -0.246. The van der Waals surface area contributed by atoms with E-state index in [-0.39, 0.29) is 5.38 Å². The number of aryl methyl sites for hydroxylation is 1. The molecule has 2 nitrogen and oxygen atoms in total. The summed E-state index contributed by atoms with van der Waals surface area (Å²) in [4.78, 5) is 0. The highest BCUT2D eigenvalue weighted by Crippen LogP contribution is 2.38.